The molecular formula is C38H56N2O68S16. The molecule has 0 bridgehead atoms. The predicted molar refractivity (Wildman–Crippen MR) is 368 cm³/mol. The molecule has 0 radical (unpaired) electrons. The molecule has 0 spiro atoms. The summed E-state index contributed by atoms with van der Waals surface area (Å²) in [4.78, 5) is 0. The third-order valence-corrected chi connectivity index (χ3v) is 23.4. The van der Waals surface area contributed by atoms with Gasteiger partial charge < -0.3 is 37.9 Å². The van der Waals surface area contributed by atoms with Gasteiger partial charge in [0.2, 0.25) is 32.6 Å². The highest BCUT2D eigenvalue weighted by Crippen LogP contribution is 2.41. The van der Waals surface area contributed by atoms with Gasteiger partial charge in [0.15, 0.2) is 37.0 Å². The molecule has 2 aromatic rings. The highest BCUT2D eigenvalue weighted by Gasteiger charge is 2.62. The second-order valence-electron chi connectivity index (χ2n) is 23.2. The molecule has 4 saturated heterocycles. The zero-order chi connectivity index (χ0) is 94.7. The number of sulfonamides is 2. The maximum Gasteiger partial charge on any atom is 0.397 e. The van der Waals surface area contributed by atoms with Gasteiger partial charge in [-0.1, -0.05) is 0 Å². The van der Waals surface area contributed by atoms with Gasteiger partial charge in [-0.2, -0.15) is 118 Å². The van der Waals surface area contributed by atoms with Gasteiger partial charge >= 0.3 is 146 Å². The lowest BCUT2D eigenvalue weighted by atomic mass is 9.97. The Hall–Kier alpha value is -4.52. The quantitative estimate of drug-likeness (QED) is 0.0274. The van der Waals surface area contributed by atoms with Crippen LogP contribution in [0, 0.1) is 0 Å². The highest BCUT2D eigenvalue weighted by molar-refractivity contribution is 7.96. The molecule has 20 atom stereocenters. The minimum atomic E-state index is -6.37. The third kappa shape index (κ3) is 38.9. The van der Waals surface area contributed by atoms with E-state index in [-0.39, 0.29) is 0 Å². The second-order valence-corrected chi connectivity index (χ2v) is 41.8. The molecule has 16 N–H and O–H groups in total. The number of hydrogen-bond acceptors (Lipinski definition) is 54. The van der Waals surface area contributed by atoms with E-state index in [1.807, 2.05) is 9.44 Å². The molecule has 722 valence electrons. The van der Waals surface area contributed by atoms with Crippen molar-refractivity contribution >= 4 is 177 Å². The third-order valence-electron chi connectivity index (χ3n) is 14.2. The fourth-order valence-corrected chi connectivity index (χ4v) is 19.5. The Morgan fingerprint density at radius 1 is 0.226 bits per heavy atom. The normalized spacial score (nSPS) is 28.7. The van der Waals surface area contributed by atoms with Crippen LogP contribution in [0.4, 0.5) is 11.4 Å². The molecule has 124 heavy (non-hydrogen) atoms. The maximum absolute atomic E-state index is 13.4. The maximum atomic E-state index is 13.4. The number of hydrogen-bond donors (Lipinski definition) is 16. The molecule has 70 nitrogen and oxygen atoms in total. The van der Waals surface area contributed by atoms with Gasteiger partial charge in [0.1, 0.15) is 84.7 Å². The lowest BCUT2D eigenvalue weighted by molar-refractivity contribution is -0.340. The fourth-order valence-electron chi connectivity index (χ4n) is 10.3. The molecule has 4 fully saturated rings. The van der Waals surface area contributed by atoms with Crippen LogP contribution < -0.4 is 18.9 Å². The molecule has 86 heteroatoms. The SMILES string of the molecule is O=S(=O)(CCS(=O)(=O)Nc1ccc(O[C@@H]2O[C@H](COS(=O)(=O)O)[C@@H](O[C@H]3O[C@H](COS(=O)(=O)O)[C@@H](OS(=O)(=O)O)[C@H](OS(=O)(=O)O)[C@H]3OS(=O)(=O)O)[C@H](OS(=O)(=O)O)[C@H]2OS(=O)(=O)O)cc1)Nc1ccc(O[C@@H]2O[C@H](COS(=O)(=O)O)[C@@H](O[C@H]3O[C@H](COS(=O)(=O)O)[C@@H](OS(=O)(=O)O)[C@H](OS(=O)(=O)O)[C@H]3OS(=O)(=O)O)[C@H](OS(=O)(=O)O)[C@H]2OS(=O)(=O)O)cc1. The molecule has 4 heterocycles. The zero-order valence-electron chi connectivity index (χ0n) is 58.2. The predicted octanol–water partition coefficient (Wildman–Crippen LogP) is -10.5. The first-order valence-corrected chi connectivity index (χ1v) is 52.5. The first-order chi connectivity index (χ1) is 55.5. The molecule has 0 aliphatic carbocycles. The van der Waals surface area contributed by atoms with Crippen molar-refractivity contribution in [1.29, 1.82) is 0 Å². The highest BCUT2D eigenvalue weighted by atomic mass is 32.3. The van der Waals surface area contributed by atoms with Gasteiger partial charge in [0.05, 0.1) is 37.9 Å². The summed E-state index contributed by atoms with van der Waals surface area (Å²) >= 11 is 0. The van der Waals surface area contributed by atoms with E-state index < -0.39 is 349 Å². The van der Waals surface area contributed by atoms with Crippen molar-refractivity contribution in [3.8, 4) is 11.5 Å². The van der Waals surface area contributed by atoms with Crippen LogP contribution in [0.25, 0.3) is 0 Å². The zero-order valence-corrected chi connectivity index (χ0v) is 71.3. The summed E-state index contributed by atoms with van der Waals surface area (Å²) in [6.07, 6.45) is -64.9. The second kappa shape index (κ2) is 40.3. The van der Waals surface area contributed by atoms with Crippen LogP contribution in [0.2, 0.25) is 0 Å². The Labute approximate surface area is 697 Å². The minimum Gasteiger partial charge on any atom is -0.462 e. The van der Waals surface area contributed by atoms with Crippen molar-refractivity contribution in [2.45, 2.75) is 123 Å². The van der Waals surface area contributed by atoms with Crippen LogP contribution in [-0.2, 0) is 253 Å². The summed E-state index contributed by atoms with van der Waals surface area (Å²) < 4.78 is 634. The molecule has 0 saturated carbocycles. The molecule has 0 aromatic heterocycles. The average molecular weight is 2140 g/mol. The number of anilines is 2. The van der Waals surface area contributed by atoms with Crippen molar-refractivity contribution in [1.82, 2.24) is 0 Å². The smallest absolute Gasteiger partial charge is 0.397 e. The average Bonchev–Trinajstić information content (AvgIpc) is 0.758. The lowest BCUT2D eigenvalue weighted by Gasteiger charge is -2.48. The van der Waals surface area contributed by atoms with Crippen LogP contribution in [-0.4, -0.2) is 359 Å². The molecule has 0 amide bonds. The largest absolute Gasteiger partial charge is 0.462 e. The number of rotatable bonds is 47. The first kappa shape index (κ1) is 108. The molecular weight excluding hydrogens is 2090 g/mol. The van der Waals surface area contributed by atoms with Crippen molar-refractivity contribution in [2.24, 2.45) is 0 Å². The minimum absolute atomic E-state index is 0.599. The summed E-state index contributed by atoms with van der Waals surface area (Å²) in [6, 6.07) is 4.98. The summed E-state index contributed by atoms with van der Waals surface area (Å²) in [7, 11) is -96.6. The molecule has 4 aliphatic rings. The van der Waals surface area contributed by atoms with Crippen molar-refractivity contribution in [3.63, 3.8) is 0 Å². The first-order valence-electron chi connectivity index (χ1n) is 30.0. The van der Waals surface area contributed by atoms with Crippen LogP contribution in [0.15, 0.2) is 48.5 Å². The Balaban J connectivity index is 1.29. The van der Waals surface area contributed by atoms with Crippen molar-refractivity contribution in [2.75, 3.05) is 47.4 Å². The van der Waals surface area contributed by atoms with Crippen LogP contribution in [0.1, 0.15) is 0 Å². The summed E-state index contributed by atoms with van der Waals surface area (Å²) in [5.74, 6) is -4.72. The monoisotopic (exact) mass is 2140 g/mol. The molecule has 2 aromatic carbocycles. The van der Waals surface area contributed by atoms with E-state index in [0.717, 1.165) is 0 Å². The van der Waals surface area contributed by atoms with Crippen LogP contribution in [0.5, 0.6) is 11.5 Å². The van der Waals surface area contributed by atoms with Gasteiger partial charge in [-0.15, -0.1) is 0 Å². The lowest BCUT2D eigenvalue weighted by Crippen LogP contribution is -2.67. The summed E-state index contributed by atoms with van der Waals surface area (Å²) in [5.41, 5.74) is -1.30. The van der Waals surface area contributed by atoms with Gasteiger partial charge in [-0.3, -0.25) is 73.2 Å². The molecule has 4 aliphatic heterocycles. The van der Waals surface area contributed by atoms with Gasteiger partial charge in [-0.25, -0.2) is 75.4 Å². The Bertz CT molecular complexity index is 5710. The van der Waals surface area contributed by atoms with E-state index in [1.54, 1.807) is 0 Å². The number of ether oxygens (including phenoxy) is 8. The van der Waals surface area contributed by atoms with Crippen molar-refractivity contribution in [3.05, 3.63) is 48.5 Å². The van der Waals surface area contributed by atoms with E-state index in [2.05, 4.69) is 58.6 Å². The Morgan fingerprint density at radius 2 is 0.403 bits per heavy atom. The molecule has 6 rings (SSSR count). The number of nitrogens with one attached hydrogen (secondary N) is 2. The Morgan fingerprint density at radius 3 is 0.613 bits per heavy atom. The van der Waals surface area contributed by atoms with E-state index in [4.69, 9.17) is 37.9 Å². The summed E-state index contributed by atoms with van der Waals surface area (Å²) in [6.45, 7) is -8.02. The van der Waals surface area contributed by atoms with Crippen molar-refractivity contribution < 1.29 is 295 Å². The summed E-state index contributed by atoms with van der Waals surface area (Å²) in [5, 5.41) is 0. The van der Waals surface area contributed by atoms with Crippen LogP contribution in [0.3, 0.4) is 0 Å². The standard InChI is InChI=1S/C38H56N2O68S16/c41-109(42,39-15-1-5-17(6-2-15)91-35-31(105-121(75,76)77)27(101-117(63,64)65)23(19(93-35)11-87-111(45,46)47)97-37-33(107-123(81,82)83)29(103-119(69,70)71)25(99-115(57,58)59)21(95-37)13-89-113(51,52)53)9-10-110(43,44)40-16-3-7-18(8-4-16)92-36-32(106-122(78,79)80)28(102-118(66,67)68)24(20(94-36)12-88-112(48,49)50)98-38-34(108-124(84,85)86)30(104-120(72,73)74)26(100-116(60,61)62)22(96-38)14-90-114(54,55)56/h1-8,19-40H,9-14H2,(H,45,46,47)(H,48,49,50)(H,51,52,53)(H,54,55,56)(H,57,58,59)(H,60,61,62)(H,63,64,65)(H,66,67,68)(H,69,70,71)(H,72,73,74)(H,75,76,77)(H,78,79,80)(H,81,82,83)(H,84,85,86)/t19-,20-,21-,22-,23-,24-,25-,26-,27+,28+,29+,30+,31-,32-,33-,34-,35-,36-,37-,38-/m1/s1. The van der Waals surface area contributed by atoms with E-state index in [0.29, 0.717) is 48.5 Å². The van der Waals surface area contributed by atoms with E-state index >= 15 is 0 Å². The van der Waals surface area contributed by atoms with Gasteiger partial charge in [-0.05, 0) is 48.5 Å². The van der Waals surface area contributed by atoms with E-state index in [9.17, 15) is 198 Å². The Kier molecular flexibility index (Phi) is 35.2. The van der Waals surface area contributed by atoms with Crippen LogP contribution >= 0.6 is 0 Å². The number of benzene rings is 2. The topological polar surface area (TPSA) is 1060 Å². The fraction of sp³-hybridized carbons (Fsp3) is 0.684. The molecule has 0 unspecified atom stereocenters. The van der Waals surface area contributed by atoms with Gasteiger partial charge in [0.25, 0.3) is 0 Å². The van der Waals surface area contributed by atoms with E-state index in [1.165, 1.54) is 0 Å². The van der Waals surface area contributed by atoms with Gasteiger partial charge in [0, 0.05) is 11.4 Å².